The van der Waals surface area contributed by atoms with Crippen LogP contribution in [0.2, 0.25) is 0 Å². The first-order valence-corrected chi connectivity index (χ1v) is 14.6. The molecule has 4 rings (SSSR count). The van der Waals surface area contributed by atoms with Gasteiger partial charge in [0.15, 0.2) is 5.65 Å². The number of fused-ring (bicyclic) bond motifs is 1. The van der Waals surface area contributed by atoms with E-state index < -0.39 is 0 Å². The van der Waals surface area contributed by atoms with Gasteiger partial charge >= 0.3 is 0 Å². The number of H-pyrrole nitrogens is 1. The van der Waals surface area contributed by atoms with Gasteiger partial charge in [0.2, 0.25) is 5.91 Å². The van der Waals surface area contributed by atoms with E-state index in [2.05, 4.69) is 50.1 Å². The van der Waals surface area contributed by atoms with Gasteiger partial charge in [-0.2, -0.15) is 5.10 Å². The van der Waals surface area contributed by atoms with Crippen LogP contribution in [0.3, 0.4) is 0 Å². The summed E-state index contributed by atoms with van der Waals surface area (Å²) in [6.45, 7) is 10.6. The van der Waals surface area contributed by atoms with Crippen molar-refractivity contribution in [2.75, 3.05) is 33.7 Å². The lowest BCUT2D eigenvalue weighted by atomic mass is 10.0. The third-order valence-electron chi connectivity index (χ3n) is 7.31. The van der Waals surface area contributed by atoms with Crippen LogP contribution in [0.15, 0.2) is 47.4 Å². The van der Waals surface area contributed by atoms with Gasteiger partial charge in [0.05, 0.1) is 22.8 Å². The van der Waals surface area contributed by atoms with Crippen molar-refractivity contribution in [1.82, 2.24) is 40.6 Å². The molecule has 3 heterocycles. The number of nitrogens with zero attached hydrogens (tertiary/aromatic N) is 4. The summed E-state index contributed by atoms with van der Waals surface area (Å²) in [5.74, 6) is -0.567. The summed E-state index contributed by atoms with van der Waals surface area (Å²) in [6.07, 6.45) is 1.74. The van der Waals surface area contributed by atoms with Gasteiger partial charge in [-0.15, -0.1) is 0 Å². The molecule has 0 aliphatic rings. The van der Waals surface area contributed by atoms with Crippen LogP contribution in [0.1, 0.15) is 59.1 Å². The minimum atomic E-state index is -0.307. The van der Waals surface area contributed by atoms with Crippen molar-refractivity contribution >= 4 is 22.8 Å². The number of nitrogens with one attached hydrogen (secondary N) is 4. The Kier molecular flexibility index (Phi) is 10.4. The van der Waals surface area contributed by atoms with Crippen LogP contribution in [-0.4, -0.2) is 70.2 Å². The first-order valence-electron chi connectivity index (χ1n) is 14.6. The standard InChI is InChI=1S/C32H42N8O3/c1-20(2)40-30-27(18-36-40)25(16-28(38-30)24-9-7-8-23(15-24)19-39(6)13-12-33-5)31(42)34-11-10-29(41)35-17-26-21(3)14-22(4)37-32(26)43/h7-9,14-16,18,20,33H,10-13,17,19H2,1-6H3,(H,34,42)(H,35,41)(H,37,43). The molecule has 3 aromatic heterocycles. The fraction of sp³-hybridized carbons (Fsp3) is 0.406. The third kappa shape index (κ3) is 7.94. The number of aromatic amines is 1. The van der Waals surface area contributed by atoms with Gasteiger partial charge in [0.1, 0.15) is 0 Å². The van der Waals surface area contributed by atoms with Crippen molar-refractivity contribution in [2.45, 2.75) is 53.2 Å². The molecule has 11 heteroatoms. The molecule has 11 nitrogen and oxygen atoms in total. The van der Waals surface area contributed by atoms with Crippen LogP contribution in [0, 0.1) is 13.8 Å². The van der Waals surface area contributed by atoms with Gasteiger partial charge in [-0.25, -0.2) is 9.67 Å². The van der Waals surface area contributed by atoms with Crippen LogP contribution >= 0.6 is 0 Å². The highest BCUT2D eigenvalue weighted by molar-refractivity contribution is 6.06. The molecule has 0 bridgehead atoms. The van der Waals surface area contributed by atoms with E-state index in [1.165, 1.54) is 0 Å². The maximum Gasteiger partial charge on any atom is 0.253 e. The van der Waals surface area contributed by atoms with Crippen LogP contribution in [-0.2, 0) is 17.9 Å². The summed E-state index contributed by atoms with van der Waals surface area (Å²) in [5, 5.41) is 14.0. The van der Waals surface area contributed by atoms with Gasteiger partial charge in [-0.1, -0.05) is 18.2 Å². The zero-order valence-corrected chi connectivity index (χ0v) is 25.9. The largest absolute Gasteiger partial charge is 0.352 e. The van der Waals surface area contributed by atoms with E-state index in [1.54, 1.807) is 12.3 Å². The van der Waals surface area contributed by atoms with Gasteiger partial charge in [-0.3, -0.25) is 14.4 Å². The second kappa shape index (κ2) is 14.2. The highest BCUT2D eigenvalue weighted by Gasteiger charge is 2.19. The first-order chi connectivity index (χ1) is 20.6. The topological polar surface area (TPSA) is 137 Å². The Hall–Kier alpha value is -4.35. The Bertz CT molecular complexity index is 1660. The molecule has 4 aromatic rings. The number of likely N-dealkylation sites (N-methyl/N-ethyl adjacent to an activating group) is 2. The lowest BCUT2D eigenvalue weighted by Crippen LogP contribution is -2.32. The molecule has 0 aliphatic carbocycles. The number of benzene rings is 1. The molecule has 0 saturated carbocycles. The van der Waals surface area contributed by atoms with Crippen molar-refractivity contribution in [3.8, 4) is 11.3 Å². The number of carbonyl (C=O) groups excluding carboxylic acids is 2. The third-order valence-corrected chi connectivity index (χ3v) is 7.31. The molecular formula is C32H42N8O3. The van der Waals surface area contributed by atoms with E-state index >= 15 is 0 Å². The molecule has 0 unspecified atom stereocenters. The molecule has 4 N–H and O–H groups in total. The van der Waals surface area contributed by atoms with Crippen molar-refractivity contribution in [1.29, 1.82) is 0 Å². The Balaban J connectivity index is 1.50. The predicted molar refractivity (Wildman–Crippen MR) is 169 cm³/mol. The lowest BCUT2D eigenvalue weighted by molar-refractivity contribution is -0.121. The summed E-state index contributed by atoms with van der Waals surface area (Å²) in [5.41, 5.74) is 5.71. The van der Waals surface area contributed by atoms with E-state index in [0.29, 0.717) is 27.9 Å². The van der Waals surface area contributed by atoms with Gasteiger partial charge in [0, 0.05) is 62.0 Å². The van der Waals surface area contributed by atoms with Gasteiger partial charge in [0.25, 0.3) is 11.5 Å². The van der Waals surface area contributed by atoms with E-state index in [1.807, 2.05) is 57.6 Å². The maximum absolute atomic E-state index is 13.5. The Labute approximate surface area is 252 Å². The molecule has 0 radical (unpaired) electrons. The first kappa shape index (κ1) is 31.6. The highest BCUT2D eigenvalue weighted by Crippen LogP contribution is 2.27. The number of amides is 2. The fourth-order valence-electron chi connectivity index (χ4n) is 5.02. The number of pyridine rings is 2. The van der Waals surface area contributed by atoms with Crippen molar-refractivity contribution in [3.63, 3.8) is 0 Å². The Morgan fingerprint density at radius 3 is 2.60 bits per heavy atom. The second-order valence-corrected chi connectivity index (χ2v) is 11.2. The maximum atomic E-state index is 13.5. The smallest absolute Gasteiger partial charge is 0.253 e. The molecule has 0 spiro atoms. The van der Waals surface area contributed by atoms with Crippen LogP contribution in [0.5, 0.6) is 0 Å². The molecule has 0 fully saturated rings. The highest BCUT2D eigenvalue weighted by atomic mass is 16.2. The quantitative estimate of drug-likeness (QED) is 0.189. The zero-order valence-electron chi connectivity index (χ0n) is 25.9. The van der Waals surface area contributed by atoms with Gasteiger partial charge < -0.3 is 25.8 Å². The van der Waals surface area contributed by atoms with Crippen LogP contribution in [0.25, 0.3) is 22.3 Å². The normalized spacial score (nSPS) is 11.4. The molecule has 43 heavy (non-hydrogen) atoms. The summed E-state index contributed by atoms with van der Waals surface area (Å²) >= 11 is 0. The lowest BCUT2D eigenvalue weighted by Gasteiger charge is -2.17. The SMILES string of the molecule is CNCCN(C)Cc1cccc(-c2cc(C(=O)NCCC(=O)NCc3c(C)cc(C)[nH]c3=O)c3cnn(C(C)C)c3n2)c1. The minimum absolute atomic E-state index is 0.0522. The molecule has 228 valence electrons. The number of aromatic nitrogens is 4. The molecule has 2 amide bonds. The number of rotatable bonds is 13. The zero-order chi connectivity index (χ0) is 31.1. The number of hydrogen-bond donors (Lipinski definition) is 4. The molecule has 0 saturated heterocycles. The summed E-state index contributed by atoms with van der Waals surface area (Å²) in [6, 6.07) is 11.9. The van der Waals surface area contributed by atoms with Gasteiger partial charge in [-0.05, 0) is 71.1 Å². The second-order valence-electron chi connectivity index (χ2n) is 11.2. The van der Waals surface area contributed by atoms with E-state index in [-0.39, 0.29) is 42.9 Å². The number of hydrogen-bond acceptors (Lipinski definition) is 7. The average Bonchev–Trinajstić information content (AvgIpc) is 3.39. The summed E-state index contributed by atoms with van der Waals surface area (Å²) in [4.78, 5) is 48.1. The van der Waals surface area contributed by atoms with Crippen LogP contribution in [0.4, 0.5) is 0 Å². The van der Waals surface area contributed by atoms with E-state index in [9.17, 15) is 14.4 Å². The molecular weight excluding hydrogens is 544 g/mol. The monoisotopic (exact) mass is 586 g/mol. The Morgan fingerprint density at radius 2 is 1.88 bits per heavy atom. The fourth-order valence-corrected chi connectivity index (χ4v) is 5.02. The van der Waals surface area contributed by atoms with Crippen LogP contribution < -0.4 is 21.5 Å². The van der Waals surface area contributed by atoms with E-state index in [0.717, 1.165) is 42.0 Å². The Morgan fingerprint density at radius 1 is 1.09 bits per heavy atom. The molecule has 1 aromatic carbocycles. The summed E-state index contributed by atoms with van der Waals surface area (Å²) in [7, 11) is 4.03. The van der Waals surface area contributed by atoms with Crippen molar-refractivity contribution < 1.29 is 9.59 Å². The van der Waals surface area contributed by atoms with E-state index in [4.69, 9.17) is 4.98 Å². The van der Waals surface area contributed by atoms with Crippen molar-refractivity contribution in [3.05, 3.63) is 80.9 Å². The predicted octanol–water partition coefficient (Wildman–Crippen LogP) is 3.07. The minimum Gasteiger partial charge on any atom is -0.352 e. The number of aryl methyl sites for hydroxylation is 2. The van der Waals surface area contributed by atoms with Crippen molar-refractivity contribution in [2.24, 2.45) is 0 Å². The number of carbonyl (C=O) groups is 2. The average molecular weight is 587 g/mol. The molecule has 0 atom stereocenters. The summed E-state index contributed by atoms with van der Waals surface area (Å²) < 4.78 is 1.81. The molecule has 0 aliphatic heterocycles.